The quantitative estimate of drug-likeness (QED) is 0.808. The van der Waals surface area contributed by atoms with E-state index in [0.29, 0.717) is 11.8 Å². The summed E-state index contributed by atoms with van der Waals surface area (Å²) in [4.78, 5) is 11.6. The Kier molecular flexibility index (Phi) is 3.01. The molecule has 0 amide bonds. The largest absolute Gasteiger partial charge is 0.450 e. The van der Waals surface area contributed by atoms with Crippen LogP contribution in [0.5, 0.6) is 0 Å². The number of benzene rings is 1. The lowest BCUT2D eigenvalue weighted by molar-refractivity contribution is 0.0946. The molecule has 0 atom stereocenters. The van der Waals surface area contributed by atoms with Crippen molar-refractivity contribution in [2.24, 2.45) is 0 Å². The molecule has 2 rings (SSSR count). The third-order valence-electron chi connectivity index (χ3n) is 2.33. The molecule has 1 aromatic heterocycles. The van der Waals surface area contributed by atoms with Crippen LogP contribution in [0, 0.1) is 5.82 Å². The molecule has 0 radical (unpaired) electrons. The van der Waals surface area contributed by atoms with Crippen molar-refractivity contribution in [3.8, 4) is 0 Å². The van der Waals surface area contributed by atoms with Crippen LogP contribution < -0.4 is 0 Å². The van der Waals surface area contributed by atoms with Crippen molar-refractivity contribution in [1.29, 1.82) is 0 Å². The van der Waals surface area contributed by atoms with E-state index in [9.17, 15) is 9.18 Å². The van der Waals surface area contributed by atoms with Crippen LogP contribution in [0.3, 0.4) is 0 Å². The predicted molar refractivity (Wildman–Crippen MR) is 56.8 cm³/mol. The second kappa shape index (κ2) is 4.45. The predicted octanol–water partition coefficient (Wildman–Crippen LogP) is 2.53. The van der Waals surface area contributed by atoms with E-state index >= 15 is 0 Å². The first-order valence-corrected chi connectivity index (χ1v) is 5.04. The number of carbonyl (C=O) groups excluding carboxylic acids is 1. The Morgan fingerprint density at radius 3 is 2.94 bits per heavy atom. The van der Waals surface area contributed by atoms with Crippen LogP contribution >= 0.6 is 0 Å². The molecule has 0 aliphatic carbocycles. The van der Waals surface area contributed by atoms with Crippen molar-refractivity contribution in [1.82, 2.24) is 0 Å². The van der Waals surface area contributed by atoms with Gasteiger partial charge in [0.1, 0.15) is 0 Å². The molecule has 0 fully saturated rings. The molecule has 1 N–H and O–H groups in total. The van der Waals surface area contributed by atoms with Crippen molar-refractivity contribution >= 4 is 16.8 Å². The number of ketones is 1. The van der Waals surface area contributed by atoms with Gasteiger partial charge in [0, 0.05) is 18.4 Å². The zero-order valence-electron chi connectivity index (χ0n) is 8.57. The summed E-state index contributed by atoms with van der Waals surface area (Å²) >= 11 is 0. The lowest BCUT2D eigenvalue weighted by Gasteiger charge is -1.93. The van der Waals surface area contributed by atoms with Crippen molar-refractivity contribution in [3.05, 3.63) is 35.8 Å². The molecule has 0 unspecified atom stereocenters. The van der Waals surface area contributed by atoms with E-state index in [4.69, 9.17) is 9.52 Å². The number of aliphatic hydroxyl groups excluding tert-OH is 1. The first kappa shape index (κ1) is 10.8. The molecule has 0 saturated carbocycles. The Bertz CT molecular complexity index is 516. The third-order valence-corrected chi connectivity index (χ3v) is 2.33. The average molecular weight is 222 g/mol. The Morgan fingerprint density at radius 2 is 2.25 bits per heavy atom. The van der Waals surface area contributed by atoms with Crippen LogP contribution in [0.15, 0.2) is 28.7 Å². The molecule has 0 saturated heterocycles. The highest BCUT2D eigenvalue weighted by atomic mass is 19.1. The summed E-state index contributed by atoms with van der Waals surface area (Å²) in [7, 11) is 0. The van der Waals surface area contributed by atoms with Gasteiger partial charge in [-0.15, -0.1) is 0 Å². The summed E-state index contributed by atoms with van der Waals surface area (Å²) in [6.45, 7) is -0.0413. The molecule has 0 aliphatic rings. The summed E-state index contributed by atoms with van der Waals surface area (Å²) in [5, 5.41) is 9.18. The second-order valence-electron chi connectivity index (χ2n) is 3.52. The van der Waals surface area contributed by atoms with Crippen LogP contribution in [0.25, 0.3) is 11.0 Å². The normalized spacial score (nSPS) is 10.9. The maximum Gasteiger partial charge on any atom is 0.198 e. The molecule has 1 aromatic carbocycles. The fourth-order valence-corrected chi connectivity index (χ4v) is 1.53. The summed E-state index contributed by atoms with van der Waals surface area (Å²) < 4.78 is 18.4. The molecule has 3 nitrogen and oxygen atoms in total. The standard InChI is InChI=1S/C12H11FO3/c13-9-4-1-3-8-7-11(16-12(8)9)10(15)5-2-6-14/h1,3-4,7,14H,2,5-6H2. The number of aliphatic hydroxyl groups is 1. The van der Waals surface area contributed by atoms with Crippen LogP contribution in [0.1, 0.15) is 23.4 Å². The monoisotopic (exact) mass is 222 g/mol. The summed E-state index contributed by atoms with van der Waals surface area (Å²) in [5.74, 6) is -0.545. The summed E-state index contributed by atoms with van der Waals surface area (Å²) in [6.07, 6.45) is 0.594. The SMILES string of the molecule is O=C(CCCO)c1cc2cccc(F)c2o1. The molecular weight excluding hydrogens is 211 g/mol. The smallest absolute Gasteiger partial charge is 0.198 e. The van der Waals surface area contributed by atoms with E-state index in [2.05, 4.69) is 0 Å². The molecular formula is C12H11FO3. The van der Waals surface area contributed by atoms with Crippen molar-refractivity contribution in [3.63, 3.8) is 0 Å². The number of furan rings is 1. The van der Waals surface area contributed by atoms with Gasteiger partial charge in [0.05, 0.1) is 0 Å². The number of hydrogen-bond acceptors (Lipinski definition) is 3. The number of halogens is 1. The fourth-order valence-electron chi connectivity index (χ4n) is 1.53. The van der Waals surface area contributed by atoms with E-state index in [-0.39, 0.29) is 30.2 Å². The highest BCUT2D eigenvalue weighted by Gasteiger charge is 2.13. The first-order chi connectivity index (χ1) is 7.72. The zero-order valence-corrected chi connectivity index (χ0v) is 8.57. The Hall–Kier alpha value is -1.68. The maximum atomic E-state index is 13.3. The highest BCUT2D eigenvalue weighted by molar-refractivity contribution is 5.97. The number of Topliss-reactive ketones (excluding diaryl/α,β-unsaturated/α-hetero) is 1. The lowest BCUT2D eigenvalue weighted by atomic mass is 10.1. The number of para-hydroxylation sites is 1. The molecule has 0 aliphatic heterocycles. The van der Waals surface area contributed by atoms with E-state index in [1.54, 1.807) is 12.1 Å². The molecule has 16 heavy (non-hydrogen) atoms. The second-order valence-corrected chi connectivity index (χ2v) is 3.52. The van der Waals surface area contributed by atoms with E-state index in [1.807, 2.05) is 0 Å². The minimum atomic E-state index is -0.473. The van der Waals surface area contributed by atoms with Crippen molar-refractivity contribution in [2.75, 3.05) is 6.61 Å². The van der Waals surface area contributed by atoms with Crippen LogP contribution in [0.4, 0.5) is 4.39 Å². The Morgan fingerprint density at radius 1 is 1.44 bits per heavy atom. The lowest BCUT2D eigenvalue weighted by Crippen LogP contribution is -1.98. The van der Waals surface area contributed by atoms with Crippen LogP contribution in [-0.4, -0.2) is 17.5 Å². The van der Waals surface area contributed by atoms with Gasteiger partial charge in [0.25, 0.3) is 0 Å². The van der Waals surface area contributed by atoms with Gasteiger partial charge in [0.2, 0.25) is 0 Å². The number of hydrogen-bond donors (Lipinski definition) is 1. The van der Waals surface area contributed by atoms with Crippen LogP contribution in [-0.2, 0) is 0 Å². The molecule has 0 bridgehead atoms. The Labute approximate surface area is 91.5 Å². The van der Waals surface area contributed by atoms with E-state index in [0.717, 1.165) is 0 Å². The summed E-state index contributed by atoms with van der Waals surface area (Å²) in [6, 6.07) is 6.06. The summed E-state index contributed by atoms with van der Waals surface area (Å²) in [5.41, 5.74) is 0.106. The van der Waals surface area contributed by atoms with Crippen molar-refractivity contribution in [2.45, 2.75) is 12.8 Å². The van der Waals surface area contributed by atoms with Crippen molar-refractivity contribution < 1.29 is 18.7 Å². The molecule has 84 valence electrons. The highest BCUT2D eigenvalue weighted by Crippen LogP contribution is 2.22. The number of fused-ring (bicyclic) bond motifs is 1. The zero-order chi connectivity index (χ0) is 11.5. The third kappa shape index (κ3) is 1.97. The minimum Gasteiger partial charge on any atom is -0.450 e. The number of rotatable bonds is 4. The van der Waals surface area contributed by atoms with Gasteiger partial charge < -0.3 is 9.52 Å². The van der Waals surface area contributed by atoms with Gasteiger partial charge in [-0.1, -0.05) is 12.1 Å². The maximum absolute atomic E-state index is 13.3. The molecule has 1 heterocycles. The van der Waals surface area contributed by atoms with Gasteiger partial charge in [-0.2, -0.15) is 0 Å². The molecule has 0 spiro atoms. The van der Waals surface area contributed by atoms with E-state index in [1.165, 1.54) is 12.1 Å². The molecule has 4 heteroatoms. The van der Waals surface area contributed by atoms with Gasteiger partial charge in [-0.3, -0.25) is 4.79 Å². The minimum absolute atomic E-state index is 0.0413. The Balaban J connectivity index is 2.32. The van der Waals surface area contributed by atoms with Gasteiger partial charge in [-0.05, 0) is 18.6 Å². The fraction of sp³-hybridized carbons (Fsp3) is 0.250. The molecule has 2 aromatic rings. The van der Waals surface area contributed by atoms with Gasteiger partial charge in [0.15, 0.2) is 22.9 Å². The first-order valence-electron chi connectivity index (χ1n) is 5.04. The average Bonchev–Trinajstić information content (AvgIpc) is 2.71. The number of carbonyl (C=O) groups is 1. The van der Waals surface area contributed by atoms with Gasteiger partial charge >= 0.3 is 0 Å². The van der Waals surface area contributed by atoms with E-state index < -0.39 is 5.82 Å². The topological polar surface area (TPSA) is 50.4 Å². The van der Waals surface area contributed by atoms with Gasteiger partial charge in [-0.25, -0.2) is 4.39 Å². The van der Waals surface area contributed by atoms with Crippen LogP contribution in [0.2, 0.25) is 0 Å².